The number of carbonyl (C=O) groups excluding carboxylic acids is 1. The van der Waals surface area contributed by atoms with Crippen molar-refractivity contribution in [2.75, 3.05) is 12.4 Å². The molecule has 0 saturated carbocycles. The smallest absolute Gasteiger partial charge is 0.323 e. The molecule has 0 saturated heterocycles. The first-order chi connectivity index (χ1) is 19.1. The van der Waals surface area contributed by atoms with Crippen molar-refractivity contribution in [1.82, 2.24) is 19.2 Å². The number of benzene rings is 3. The molecule has 3 aromatic carbocycles. The topological polar surface area (TPSA) is 64.3 Å². The molecular formula is C32H31N5O2. The fraction of sp³-hybridized carbons (Fsp3) is 0.188. The molecule has 1 N–H and O–H groups in total. The van der Waals surface area contributed by atoms with Crippen LogP contribution in [-0.2, 0) is 13.0 Å². The number of aryl methyl sites for hydroxylation is 2. The first-order valence-electron chi connectivity index (χ1n) is 13.2. The average molecular weight is 518 g/mol. The molecule has 0 fully saturated rings. The third kappa shape index (κ3) is 4.36. The molecule has 7 heteroatoms. The van der Waals surface area contributed by atoms with Crippen molar-refractivity contribution in [1.29, 1.82) is 0 Å². The maximum absolute atomic E-state index is 14.1. The van der Waals surface area contributed by atoms with E-state index in [1.54, 1.807) is 7.11 Å². The first-order valence-corrected chi connectivity index (χ1v) is 13.2. The number of carbonyl (C=O) groups is 1. The predicted molar refractivity (Wildman–Crippen MR) is 153 cm³/mol. The lowest BCUT2D eigenvalue weighted by Crippen LogP contribution is -2.38. The van der Waals surface area contributed by atoms with Crippen LogP contribution in [0.1, 0.15) is 41.0 Å². The lowest BCUT2D eigenvalue weighted by atomic mass is 9.99. The zero-order valence-corrected chi connectivity index (χ0v) is 22.3. The van der Waals surface area contributed by atoms with Gasteiger partial charge in [0.15, 0.2) is 0 Å². The van der Waals surface area contributed by atoms with Gasteiger partial charge in [-0.15, -0.1) is 0 Å². The van der Waals surface area contributed by atoms with Crippen LogP contribution in [0.15, 0.2) is 97.2 Å². The third-order valence-corrected chi connectivity index (χ3v) is 7.40. The molecule has 0 spiro atoms. The van der Waals surface area contributed by atoms with Crippen LogP contribution < -0.4 is 10.1 Å². The number of fused-ring (bicyclic) bond motifs is 3. The summed E-state index contributed by atoms with van der Waals surface area (Å²) in [5, 5.41) is 8.04. The molecule has 2 aromatic heterocycles. The number of amides is 2. The summed E-state index contributed by atoms with van der Waals surface area (Å²) >= 11 is 0. The predicted octanol–water partition coefficient (Wildman–Crippen LogP) is 6.68. The van der Waals surface area contributed by atoms with Gasteiger partial charge in [0, 0.05) is 11.8 Å². The Bertz CT molecular complexity index is 1620. The normalized spacial score (nSPS) is 14.3. The number of methoxy groups -OCH3 is 1. The molecule has 1 atom stereocenters. The first kappa shape index (κ1) is 24.6. The van der Waals surface area contributed by atoms with E-state index in [0.717, 1.165) is 40.4 Å². The van der Waals surface area contributed by atoms with Crippen molar-refractivity contribution < 1.29 is 9.53 Å². The van der Waals surface area contributed by atoms with Gasteiger partial charge in [-0.05, 0) is 60.9 Å². The van der Waals surface area contributed by atoms with Crippen LogP contribution in [-0.4, -0.2) is 32.4 Å². The van der Waals surface area contributed by atoms with E-state index >= 15 is 0 Å². The molecule has 2 amide bonds. The minimum absolute atomic E-state index is 0.212. The Morgan fingerprint density at radius 2 is 1.72 bits per heavy atom. The highest BCUT2D eigenvalue weighted by molar-refractivity contribution is 5.91. The second kappa shape index (κ2) is 10.2. The standard InChI is InChI=1S/C32H31N5O2/c1-4-23-16-18-24(19-17-23)30-28-14-10-20-35(28)31-26(22(2)34-37(31)25-11-6-5-7-12-25)21-36(30)32(38)33-27-13-8-9-15-29(27)39-3/h5-20,30H,4,21H2,1-3H3,(H,33,38). The highest BCUT2D eigenvalue weighted by atomic mass is 16.5. The van der Waals surface area contributed by atoms with Gasteiger partial charge in [0.05, 0.1) is 42.5 Å². The molecule has 39 heavy (non-hydrogen) atoms. The van der Waals surface area contributed by atoms with Crippen molar-refractivity contribution in [3.05, 3.63) is 125 Å². The highest BCUT2D eigenvalue weighted by Gasteiger charge is 2.36. The zero-order valence-electron chi connectivity index (χ0n) is 22.3. The van der Waals surface area contributed by atoms with E-state index in [-0.39, 0.29) is 12.1 Å². The van der Waals surface area contributed by atoms with Gasteiger partial charge in [-0.2, -0.15) is 5.10 Å². The monoisotopic (exact) mass is 517 g/mol. The van der Waals surface area contributed by atoms with Crippen molar-refractivity contribution in [3.63, 3.8) is 0 Å². The summed E-state index contributed by atoms with van der Waals surface area (Å²) in [5.74, 6) is 1.56. The van der Waals surface area contributed by atoms with Crippen LogP contribution in [0.2, 0.25) is 0 Å². The van der Waals surface area contributed by atoms with Gasteiger partial charge in [-0.25, -0.2) is 9.48 Å². The van der Waals surface area contributed by atoms with Gasteiger partial charge in [-0.1, -0.05) is 61.5 Å². The molecule has 1 unspecified atom stereocenters. The Morgan fingerprint density at radius 3 is 2.46 bits per heavy atom. The van der Waals surface area contributed by atoms with E-state index in [0.29, 0.717) is 18.0 Å². The minimum atomic E-state index is -0.323. The molecule has 0 aliphatic carbocycles. The fourth-order valence-corrected chi connectivity index (χ4v) is 5.37. The Kier molecular flexibility index (Phi) is 6.40. The Hall–Kier alpha value is -4.78. The number of hydrogen-bond donors (Lipinski definition) is 1. The van der Waals surface area contributed by atoms with Gasteiger partial charge < -0.3 is 19.5 Å². The van der Waals surface area contributed by atoms with Crippen molar-refractivity contribution in [3.8, 4) is 17.3 Å². The highest BCUT2D eigenvalue weighted by Crippen LogP contribution is 2.39. The molecule has 1 aliphatic rings. The average Bonchev–Trinajstić information content (AvgIpc) is 3.54. The SMILES string of the molecule is CCc1ccc(C2c3cccn3-c3c(c(C)nn3-c3ccccc3)CN2C(=O)Nc2ccccc2OC)cc1. The summed E-state index contributed by atoms with van der Waals surface area (Å²) in [6, 6.07) is 29.7. The van der Waals surface area contributed by atoms with E-state index in [2.05, 4.69) is 53.3 Å². The van der Waals surface area contributed by atoms with Gasteiger partial charge in [0.2, 0.25) is 0 Å². The maximum atomic E-state index is 14.1. The summed E-state index contributed by atoms with van der Waals surface area (Å²) in [5.41, 5.74) is 6.77. The number of nitrogens with one attached hydrogen (secondary N) is 1. The minimum Gasteiger partial charge on any atom is -0.495 e. The third-order valence-electron chi connectivity index (χ3n) is 7.40. The second-order valence-corrected chi connectivity index (χ2v) is 9.69. The molecule has 1 aliphatic heterocycles. The zero-order chi connectivity index (χ0) is 26.9. The van der Waals surface area contributed by atoms with Crippen LogP contribution >= 0.6 is 0 Å². The van der Waals surface area contributed by atoms with Crippen molar-refractivity contribution >= 4 is 11.7 Å². The van der Waals surface area contributed by atoms with E-state index in [1.165, 1.54) is 5.56 Å². The second-order valence-electron chi connectivity index (χ2n) is 9.69. The molecule has 0 bridgehead atoms. The summed E-state index contributed by atoms with van der Waals surface area (Å²) in [6.07, 6.45) is 3.01. The van der Waals surface area contributed by atoms with Gasteiger partial charge in [0.1, 0.15) is 11.6 Å². The van der Waals surface area contributed by atoms with Crippen LogP contribution in [0.4, 0.5) is 10.5 Å². The summed E-state index contributed by atoms with van der Waals surface area (Å²) in [7, 11) is 1.61. The lowest BCUT2D eigenvalue weighted by Gasteiger charge is -2.31. The summed E-state index contributed by atoms with van der Waals surface area (Å²) in [4.78, 5) is 16.0. The van der Waals surface area contributed by atoms with E-state index in [4.69, 9.17) is 9.84 Å². The maximum Gasteiger partial charge on any atom is 0.323 e. The number of anilines is 1. The van der Waals surface area contributed by atoms with Crippen molar-refractivity contribution in [2.24, 2.45) is 0 Å². The molecule has 196 valence electrons. The number of para-hydroxylation sites is 3. The van der Waals surface area contributed by atoms with E-state index in [1.807, 2.05) is 77.2 Å². The summed E-state index contributed by atoms with van der Waals surface area (Å²) in [6.45, 7) is 4.54. The van der Waals surface area contributed by atoms with Crippen LogP contribution in [0.5, 0.6) is 5.75 Å². The van der Waals surface area contributed by atoms with E-state index in [9.17, 15) is 4.79 Å². The number of aromatic nitrogens is 3. The van der Waals surface area contributed by atoms with Crippen LogP contribution in [0.3, 0.4) is 0 Å². The molecule has 6 rings (SSSR count). The van der Waals surface area contributed by atoms with Crippen LogP contribution in [0.25, 0.3) is 11.5 Å². The number of hydrogen-bond acceptors (Lipinski definition) is 3. The number of urea groups is 1. The Balaban J connectivity index is 1.53. The molecular weight excluding hydrogens is 486 g/mol. The van der Waals surface area contributed by atoms with Gasteiger partial charge in [0.25, 0.3) is 0 Å². The molecule has 3 heterocycles. The largest absolute Gasteiger partial charge is 0.495 e. The van der Waals surface area contributed by atoms with E-state index < -0.39 is 0 Å². The molecule has 0 radical (unpaired) electrons. The molecule has 5 aromatic rings. The van der Waals surface area contributed by atoms with Crippen molar-refractivity contribution in [2.45, 2.75) is 32.9 Å². The van der Waals surface area contributed by atoms with Crippen LogP contribution in [0, 0.1) is 6.92 Å². The quantitative estimate of drug-likeness (QED) is 0.283. The number of ether oxygens (including phenoxy) is 1. The lowest BCUT2D eigenvalue weighted by molar-refractivity contribution is 0.194. The molecule has 7 nitrogen and oxygen atoms in total. The number of nitrogens with zero attached hydrogens (tertiary/aromatic N) is 4. The number of rotatable bonds is 5. The Labute approximate surface area is 228 Å². The Morgan fingerprint density at radius 1 is 0.974 bits per heavy atom. The fourth-order valence-electron chi connectivity index (χ4n) is 5.37. The summed E-state index contributed by atoms with van der Waals surface area (Å²) < 4.78 is 9.67. The van der Waals surface area contributed by atoms with Gasteiger partial charge >= 0.3 is 6.03 Å². The van der Waals surface area contributed by atoms with Gasteiger partial charge in [-0.3, -0.25) is 0 Å².